The molecule has 0 amide bonds. The minimum Gasteiger partial charge on any atom is -0.469 e. The van der Waals surface area contributed by atoms with Crippen LogP contribution in [0, 0.1) is 0 Å². The Morgan fingerprint density at radius 3 is 3.00 bits per heavy atom. The molecule has 0 aliphatic carbocycles. The predicted octanol–water partition coefficient (Wildman–Crippen LogP) is 2.05. The Bertz CT molecular complexity index is 316. The molecule has 1 aromatic carbocycles. The highest BCUT2D eigenvalue weighted by molar-refractivity contribution is 5.72. The maximum Gasteiger partial charge on any atom is 0.309 e. The summed E-state index contributed by atoms with van der Waals surface area (Å²) >= 11 is 0. The number of esters is 1. The Morgan fingerprint density at radius 2 is 2.38 bits per heavy atom. The monoisotopic (exact) mass is 176 g/mol. The number of hydrogen-bond donors (Lipinski definition) is 0. The first-order chi connectivity index (χ1) is 6.26. The van der Waals surface area contributed by atoms with Gasteiger partial charge < -0.3 is 4.74 Å². The van der Waals surface area contributed by atoms with Crippen molar-refractivity contribution in [3.63, 3.8) is 0 Å². The summed E-state index contributed by atoms with van der Waals surface area (Å²) in [5.41, 5.74) is 1.96. The first-order valence-electron chi connectivity index (χ1n) is 4.04. The van der Waals surface area contributed by atoms with Crippen molar-refractivity contribution in [2.75, 3.05) is 7.11 Å². The Kier molecular flexibility index (Phi) is 3.26. The van der Waals surface area contributed by atoms with Gasteiger partial charge in [0.2, 0.25) is 0 Å². The fourth-order valence-electron chi connectivity index (χ4n) is 1.07. The van der Waals surface area contributed by atoms with Gasteiger partial charge in [0, 0.05) is 0 Å². The van der Waals surface area contributed by atoms with E-state index in [0.717, 1.165) is 11.1 Å². The normalized spacial score (nSPS) is 9.31. The van der Waals surface area contributed by atoms with Crippen molar-refractivity contribution in [3.8, 4) is 0 Å². The maximum absolute atomic E-state index is 10.9. The van der Waals surface area contributed by atoms with E-state index in [1.165, 1.54) is 7.11 Å². The fourth-order valence-corrected chi connectivity index (χ4v) is 1.07. The summed E-state index contributed by atoms with van der Waals surface area (Å²) in [6.07, 6.45) is 2.07. The standard InChI is InChI=1S/C11H12O2/c1-3-9-5-4-6-10(7-9)8-11(12)13-2/h3-7H,1,8H2,2H3. The number of carbonyl (C=O) groups is 1. The molecule has 0 fully saturated rings. The van der Waals surface area contributed by atoms with Crippen LogP contribution < -0.4 is 0 Å². The summed E-state index contributed by atoms with van der Waals surface area (Å²) < 4.78 is 4.56. The second-order valence-corrected chi connectivity index (χ2v) is 2.70. The van der Waals surface area contributed by atoms with Gasteiger partial charge in [0.25, 0.3) is 0 Å². The van der Waals surface area contributed by atoms with Crippen molar-refractivity contribution < 1.29 is 9.53 Å². The number of hydrogen-bond acceptors (Lipinski definition) is 2. The van der Waals surface area contributed by atoms with Gasteiger partial charge in [0.15, 0.2) is 0 Å². The largest absolute Gasteiger partial charge is 0.469 e. The molecule has 0 bridgehead atoms. The predicted molar refractivity (Wildman–Crippen MR) is 52.3 cm³/mol. The molecule has 0 heterocycles. The Balaban J connectivity index is 2.77. The van der Waals surface area contributed by atoms with Crippen LogP contribution in [0.25, 0.3) is 6.08 Å². The van der Waals surface area contributed by atoms with E-state index in [0.29, 0.717) is 6.42 Å². The van der Waals surface area contributed by atoms with Crippen LogP contribution in [-0.4, -0.2) is 13.1 Å². The molecule has 0 unspecified atom stereocenters. The molecule has 0 radical (unpaired) electrons. The average Bonchev–Trinajstić information content (AvgIpc) is 2.18. The van der Waals surface area contributed by atoms with Crippen molar-refractivity contribution in [3.05, 3.63) is 42.0 Å². The van der Waals surface area contributed by atoms with Crippen LogP contribution in [0.3, 0.4) is 0 Å². The lowest BCUT2D eigenvalue weighted by atomic mass is 10.1. The molecule has 1 aromatic rings. The van der Waals surface area contributed by atoms with Crippen LogP contribution in [0.4, 0.5) is 0 Å². The molecule has 0 saturated carbocycles. The summed E-state index contributed by atoms with van der Waals surface area (Å²) in [5, 5.41) is 0. The maximum atomic E-state index is 10.9. The van der Waals surface area contributed by atoms with Crippen molar-refractivity contribution in [2.24, 2.45) is 0 Å². The van der Waals surface area contributed by atoms with Crippen LogP contribution in [0.1, 0.15) is 11.1 Å². The van der Waals surface area contributed by atoms with Crippen molar-refractivity contribution in [1.29, 1.82) is 0 Å². The molecular weight excluding hydrogens is 164 g/mol. The molecule has 0 aromatic heterocycles. The van der Waals surface area contributed by atoms with Crippen molar-refractivity contribution in [1.82, 2.24) is 0 Å². The Hall–Kier alpha value is -1.57. The van der Waals surface area contributed by atoms with Gasteiger partial charge in [-0.1, -0.05) is 36.9 Å². The van der Waals surface area contributed by atoms with E-state index in [1.54, 1.807) is 6.08 Å². The summed E-state index contributed by atoms with van der Waals surface area (Å²) in [4.78, 5) is 10.9. The molecule has 0 saturated heterocycles. The molecule has 2 nitrogen and oxygen atoms in total. The molecule has 2 heteroatoms. The molecule has 0 aliphatic rings. The molecule has 68 valence electrons. The summed E-state index contributed by atoms with van der Waals surface area (Å²) in [7, 11) is 1.39. The third kappa shape index (κ3) is 2.75. The lowest BCUT2D eigenvalue weighted by Gasteiger charge is -2.00. The minimum absolute atomic E-state index is 0.221. The summed E-state index contributed by atoms with van der Waals surface area (Å²) in [6.45, 7) is 3.66. The summed E-state index contributed by atoms with van der Waals surface area (Å²) in [6, 6.07) is 7.65. The zero-order valence-corrected chi connectivity index (χ0v) is 7.62. The molecule has 0 spiro atoms. The quantitative estimate of drug-likeness (QED) is 0.659. The highest BCUT2D eigenvalue weighted by atomic mass is 16.5. The van der Waals surface area contributed by atoms with E-state index in [9.17, 15) is 4.79 Å². The van der Waals surface area contributed by atoms with Gasteiger partial charge in [0.05, 0.1) is 13.5 Å². The third-order valence-electron chi connectivity index (χ3n) is 1.76. The average molecular weight is 176 g/mol. The zero-order chi connectivity index (χ0) is 9.68. The summed E-state index contributed by atoms with van der Waals surface area (Å²) in [5.74, 6) is -0.221. The van der Waals surface area contributed by atoms with E-state index in [4.69, 9.17) is 0 Å². The van der Waals surface area contributed by atoms with Gasteiger partial charge in [0.1, 0.15) is 0 Å². The third-order valence-corrected chi connectivity index (χ3v) is 1.76. The smallest absolute Gasteiger partial charge is 0.309 e. The highest BCUT2D eigenvalue weighted by Crippen LogP contribution is 2.07. The first kappa shape index (κ1) is 9.52. The van der Waals surface area contributed by atoms with Crippen LogP contribution in [-0.2, 0) is 16.0 Å². The zero-order valence-electron chi connectivity index (χ0n) is 7.62. The van der Waals surface area contributed by atoms with Gasteiger partial charge in [-0.3, -0.25) is 4.79 Å². The lowest BCUT2D eigenvalue weighted by molar-refractivity contribution is -0.139. The molecular formula is C11H12O2. The number of rotatable bonds is 3. The topological polar surface area (TPSA) is 26.3 Å². The van der Waals surface area contributed by atoms with Crippen molar-refractivity contribution >= 4 is 12.0 Å². The number of benzene rings is 1. The van der Waals surface area contributed by atoms with Crippen LogP contribution in [0.15, 0.2) is 30.8 Å². The van der Waals surface area contributed by atoms with E-state index in [-0.39, 0.29) is 5.97 Å². The van der Waals surface area contributed by atoms with Gasteiger partial charge in [-0.15, -0.1) is 0 Å². The molecule has 13 heavy (non-hydrogen) atoms. The van der Waals surface area contributed by atoms with Crippen LogP contribution in [0.2, 0.25) is 0 Å². The molecule has 0 aliphatic heterocycles. The fraction of sp³-hybridized carbons (Fsp3) is 0.182. The Morgan fingerprint density at radius 1 is 1.62 bits per heavy atom. The van der Waals surface area contributed by atoms with Gasteiger partial charge in [-0.2, -0.15) is 0 Å². The van der Waals surface area contributed by atoms with E-state index < -0.39 is 0 Å². The van der Waals surface area contributed by atoms with E-state index in [1.807, 2.05) is 24.3 Å². The second-order valence-electron chi connectivity index (χ2n) is 2.70. The van der Waals surface area contributed by atoms with E-state index >= 15 is 0 Å². The van der Waals surface area contributed by atoms with Gasteiger partial charge >= 0.3 is 5.97 Å². The molecule has 0 atom stereocenters. The Labute approximate surface area is 77.8 Å². The number of ether oxygens (including phenoxy) is 1. The van der Waals surface area contributed by atoms with Crippen LogP contribution in [0.5, 0.6) is 0 Å². The molecule has 0 N–H and O–H groups in total. The number of carbonyl (C=O) groups excluding carboxylic acids is 1. The SMILES string of the molecule is C=Cc1cccc(CC(=O)OC)c1. The van der Waals surface area contributed by atoms with Crippen molar-refractivity contribution in [2.45, 2.75) is 6.42 Å². The van der Waals surface area contributed by atoms with Crippen LogP contribution >= 0.6 is 0 Å². The highest BCUT2D eigenvalue weighted by Gasteiger charge is 2.01. The van der Waals surface area contributed by atoms with Gasteiger partial charge in [-0.05, 0) is 11.1 Å². The van der Waals surface area contributed by atoms with Gasteiger partial charge in [-0.25, -0.2) is 0 Å². The van der Waals surface area contributed by atoms with E-state index in [2.05, 4.69) is 11.3 Å². The first-order valence-corrected chi connectivity index (χ1v) is 4.04. The number of methoxy groups -OCH3 is 1. The minimum atomic E-state index is -0.221. The molecule has 1 rings (SSSR count). The lowest BCUT2D eigenvalue weighted by Crippen LogP contribution is -2.04. The second kappa shape index (κ2) is 4.45.